The molecule has 2 N–H and O–H groups in total. The van der Waals surface area contributed by atoms with Gasteiger partial charge in [0.1, 0.15) is 0 Å². The SMILES string of the molecule is CCCCCCCCCCCCCCCCNS(=O)(=O)c1cccc(C([NH])=O)c1. The van der Waals surface area contributed by atoms with Crippen molar-refractivity contribution in [2.75, 3.05) is 6.54 Å². The molecular formula is C23H39N2O3S. The zero-order chi connectivity index (χ0) is 21.4. The maximum Gasteiger partial charge on any atom is 0.269 e. The van der Waals surface area contributed by atoms with Crippen molar-refractivity contribution in [3.8, 4) is 0 Å². The van der Waals surface area contributed by atoms with Gasteiger partial charge in [0.15, 0.2) is 0 Å². The topological polar surface area (TPSA) is 87.0 Å². The number of rotatable bonds is 18. The summed E-state index contributed by atoms with van der Waals surface area (Å²) in [7, 11) is -3.62. The van der Waals surface area contributed by atoms with E-state index in [0.717, 1.165) is 19.3 Å². The first-order valence-electron chi connectivity index (χ1n) is 11.3. The van der Waals surface area contributed by atoms with Gasteiger partial charge >= 0.3 is 0 Å². The molecule has 6 heteroatoms. The molecule has 0 unspecified atom stereocenters. The Hall–Kier alpha value is -1.40. The Morgan fingerprint density at radius 3 is 1.79 bits per heavy atom. The number of benzene rings is 1. The predicted octanol–water partition coefficient (Wildman–Crippen LogP) is 5.87. The number of hydrogen-bond donors (Lipinski definition) is 1. The van der Waals surface area contributed by atoms with E-state index in [0.29, 0.717) is 6.54 Å². The van der Waals surface area contributed by atoms with E-state index in [-0.39, 0.29) is 10.5 Å². The summed E-state index contributed by atoms with van der Waals surface area (Å²) in [6.07, 6.45) is 17.7. The van der Waals surface area contributed by atoms with Crippen LogP contribution in [0.25, 0.3) is 0 Å². The maximum absolute atomic E-state index is 12.3. The Kier molecular flexibility index (Phi) is 13.7. The average Bonchev–Trinajstić information content (AvgIpc) is 2.71. The van der Waals surface area contributed by atoms with E-state index in [1.165, 1.54) is 94.9 Å². The second-order valence-corrected chi connectivity index (χ2v) is 9.62. The van der Waals surface area contributed by atoms with Gasteiger partial charge < -0.3 is 0 Å². The second-order valence-electron chi connectivity index (χ2n) is 7.85. The first-order valence-corrected chi connectivity index (χ1v) is 12.8. The molecule has 0 bridgehead atoms. The molecule has 5 nitrogen and oxygen atoms in total. The summed E-state index contributed by atoms with van der Waals surface area (Å²) in [5, 5.41) is 0. The van der Waals surface area contributed by atoms with Crippen molar-refractivity contribution in [3.05, 3.63) is 29.8 Å². The van der Waals surface area contributed by atoms with Gasteiger partial charge in [-0.1, -0.05) is 96.5 Å². The first kappa shape index (κ1) is 25.6. The highest BCUT2D eigenvalue weighted by Gasteiger charge is 2.14. The molecule has 0 aliphatic heterocycles. The van der Waals surface area contributed by atoms with Gasteiger partial charge in [0, 0.05) is 12.1 Å². The van der Waals surface area contributed by atoms with Crippen molar-refractivity contribution < 1.29 is 13.2 Å². The van der Waals surface area contributed by atoms with Crippen LogP contribution in [0.1, 0.15) is 107 Å². The van der Waals surface area contributed by atoms with Crippen LogP contribution in [0.4, 0.5) is 0 Å². The Balaban J connectivity index is 2.01. The minimum absolute atomic E-state index is 0.0426. The van der Waals surface area contributed by atoms with Crippen molar-refractivity contribution >= 4 is 15.9 Å². The van der Waals surface area contributed by atoms with Crippen LogP contribution in [-0.4, -0.2) is 20.9 Å². The summed E-state index contributed by atoms with van der Waals surface area (Å²) >= 11 is 0. The number of amides is 1. The van der Waals surface area contributed by atoms with Gasteiger partial charge in [-0.05, 0) is 24.6 Å². The lowest BCUT2D eigenvalue weighted by atomic mass is 10.0. The molecule has 0 saturated carbocycles. The van der Waals surface area contributed by atoms with E-state index >= 15 is 0 Å². The van der Waals surface area contributed by atoms with Gasteiger partial charge in [0.05, 0.1) is 4.90 Å². The second kappa shape index (κ2) is 15.4. The van der Waals surface area contributed by atoms with Crippen molar-refractivity contribution in [1.82, 2.24) is 10.5 Å². The van der Waals surface area contributed by atoms with Crippen LogP contribution in [0.15, 0.2) is 29.2 Å². The number of nitrogens with one attached hydrogen (secondary N) is 2. The van der Waals surface area contributed by atoms with E-state index in [9.17, 15) is 13.2 Å². The van der Waals surface area contributed by atoms with Crippen molar-refractivity contribution in [3.63, 3.8) is 0 Å². The van der Waals surface area contributed by atoms with Crippen LogP contribution >= 0.6 is 0 Å². The number of unbranched alkanes of at least 4 members (excludes halogenated alkanes) is 13. The lowest BCUT2D eigenvalue weighted by Crippen LogP contribution is -2.25. The van der Waals surface area contributed by atoms with Crippen molar-refractivity contribution in [2.45, 2.75) is 102 Å². The summed E-state index contributed by atoms with van der Waals surface area (Å²) in [5.74, 6) is -0.881. The monoisotopic (exact) mass is 423 g/mol. The fraction of sp³-hybridized carbons (Fsp3) is 0.696. The Labute approximate surface area is 177 Å². The van der Waals surface area contributed by atoms with E-state index in [1.54, 1.807) is 0 Å². The Morgan fingerprint density at radius 1 is 0.828 bits per heavy atom. The minimum atomic E-state index is -3.62. The third-order valence-corrected chi connectivity index (χ3v) is 6.69. The van der Waals surface area contributed by atoms with Gasteiger partial charge in [-0.2, -0.15) is 0 Å². The molecule has 1 rings (SSSR count). The summed E-state index contributed by atoms with van der Waals surface area (Å²) in [6, 6.07) is 5.63. The number of carbonyl (C=O) groups excluding carboxylic acids is 1. The van der Waals surface area contributed by atoms with E-state index < -0.39 is 15.9 Å². The molecule has 0 aliphatic carbocycles. The van der Waals surface area contributed by atoms with Crippen molar-refractivity contribution in [2.24, 2.45) is 0 Å². The zero-order valence-electron chi connectivity index (χ0n) is 18.0. The van der Waals surface area contributed by atoms with Crippen LogP contribution in [-0.2, 0) is 10.0 Å². The molecular weight excluding hydrogens is 384 g/mol. The molecule has 29 heavy (non-hydrogen) atoms. The van der Waals surface area contributed by atoms with Crippen LogP contribution in [0.2, 0.25) is 0 Å². The third kappa shape index (κ3) is 12.0. The summed E-state index contributed by atoms with van der Waals surface area (Å²) in [5.41, 5.74) is 7.18. The minimum Gasteiger partial charge on any atom is -0.267 e. The Bertz CT molecular complexity index is 674. The van der Waals surface area contributed by atoms with E-state index in [2.05, 4.69) is 11.6 Å². The fourth-order valence-electron chi connectivity index (χ4n) is 3.41. The van der Waals surface area contributed by atoms with E-state index in [4.69, 9.17) is 5.73 Å². The summed E-state index contributed by atoms with van der Waals surface area (Å²) in [4.78, 5) is 11.1. The quantitative estimate of drug-likeness (QED) is 0.300. The molecule has 0 atom stereocenters. The standard InChI is InChI=1S/C23H39N2O3S/c1-2-3-4-5-6-7-8-9-10-11-12-13-14-15-19-25-29(27,28)22-18-16-17-21(20-22)23(24)26/h16-18,20,24-25H,2-15,19H2,1H3. The zero-order valence-corrected chi connectivity index (χ0v) is 18.9. The van der Waals surface area contributed by atoms with Gasteiger partial charge in [0.25, 0.3) is 5.91 Å². The highest BCUT2D eigenvalue weighted by molar-refractivity contribution is 7.89. The molecule has 0 spiro atoms. The fourth-order valence-corrected chi connectivity index (χ4v) is 4.53. The van der Waals surface area contributed by atoms with Crippen LogP contribution in [0.5, 0.6) is 0 Å². The normalized spacial score (nSPS) is 11.6. The lowest BCUT2D eigenvalue weighted by molar-refractivity contribution is 0.0992. The molecule has 165 valence electrons. The van der Waals surface area contributed by atoms with E-state index in [1.807, 2.05) is 0 Å². The number of hydrogen-bond acceptors (Lipinski definition) is 3. The largest absolute Gasteiger partial charge is 0.269 e. The van der Waals surface area contributed by atoms with Gasteiger partial charge in [-0.15, -0.1) is 0 Å². The first-order chi connectivity index (χ1) is 14.0. The van der Waals surface area contributed by atoms with Gasteiger partial charge in [-0.25, -0.2) is 13.1 Å². The summed E-state index contributed by atoms with van der Waals surface area (Å²) < 4.78 is 27.1. The smallest absolute Gasteiger partial charge is 0.267 e. The molecule has 1 aromatic carbocycles. The predicted molar refractivity (Wildman–Crippen MR) is 119 cm³/mol. The van der Waals surface area contributed by atoms with Gasteiger partial charge in [0.2, 0.25) is 10.0 Å². The molecule has 0 aliphatic rings. The summed E-state index contributed by atoms with van der Waals surface area (Å²) in [6.45, 7) is 2.66. The molecule has 1 amide bonds. The lowest BCUT2D eigenvalue weighted by Gasteiger charge is -2.07. The maximum atomic E-state index is 12.3. The van der Waals surface area contributed by atoms with Crippen LogP contribution < -0.4 is 10.5 Å². The number of carbonyl (C=O) groups is 1. The highest BCUT2D eigenvalue weighted by Crippen LogP contribution is 2.14. The van der Waals surface area contributed by atoms with Crippen molar-refractivity contribution in [1.29, 1.82) is 0 Å². The Morgan fingerprint density at radius 2 is 1.31 bits per heavy atom. The number of sulfonamides is 1. The molecule has 0 heterocycles. The van der Waals surface area contributed by atoms with Crippen LogP contribution in [0.3, 0.4) is 0 Å². The molecule has 0 fully saturated rings. The van der Waals surface area contributed by atoms with Crippen LogP contribution in [0, 0.1) is 0 Å². The van der Waals surface area contributed by atoms with Gasteiger partial charge in [-0.3, -0.25) is 10.5 Å². The molecule has 1 radical (unpaired) electrons. The third-order valence-electron chi connectivity index (χ3n) is 5.23. The molecule has 1 aromatic rings. The molecule has 0 saturated heterocycles. The molecule has 0 aromatic heterocycles. The average molecular weight is 424 g/mol. The highest BCUT2D eigenvalue weighted by atomic mass is 32.2.